The normalized spacial score (nSPS) is 18.2. The molecule has 6 nitrogen and oxygen atoms in total. The Kier molecular flexibility index (Phi) is 6.19. The maximum atomic E-state index is 12.8. The van der Waals surface area contributed by atoms with Crippen molar-refractivity contribution in [2.45, 2.75) is 71.3 Å². The summed E-state index contributed by atoms with van der Waals surface area (Å²) in [7, 11) is 0. The maximum absolute atomic E-state index is 12.8. The Labute approximate surface area is 136 Å². The molecule has 1 atom stereocenters. The van der Waals surface area contributed by atoms with Crippen LogP contribution < -0.4 is 0 Å². The molecule has 0 unspecified atom stereocenters. The molecular formula is C17H26N2O4. The van der Waals surface area contributed by atoms with Gasteiger partial charge >= 0.3 is 5.97 Å². The zero-order chi connectivity index (χ0) is 16.8. The zero-order valence-electron chi connectivity index (χ0n) is 14.0. The number of likely N-dealkylation sites (tertiary alicyclic amines) is 1. The number of aliphatic carboxylic acids is 1. The lowest BCUT2D eigenvalue weighted by Crippen LogP contribution is -2.44. The van der Waals surface area contributed by atoms with Crippen LogP contribution in [0, 0.1) is 0 Å². The standard InChI is InChI=1S/C17H26N2O4/c1-3-14-13(15(4-2)23-18-14)11-16(20)19-10-6-5-7-12(19)8-9-17(21)22/h12H,3-11H2,1-2H3,(H,21,22)/t12-/m1/s1. The van der Waals surface area contributed by atoms with Crippen LogP contribution in [0.2, 0.25) is 0 Å². The minimum atomic E-state index is -0.802. The molecule has 1 aliphatic heterocycles. The molecule has 2 rings (SSSR count). The highest BCUT2D eigenvalue weighted by Crippen LogP contribution is 2.24. The van der Waals surface area contributed by atoms with Gasteiger partial charge in [0.05, 0.1) is 12.1 Å². The molecule has 0 saturated carbocycles. The third kappa shape index (κ3) is 4.33. The summed E-state index contributed by atoms with van der Waals surface area (Å²) in [6.07, 6.45) is 5.35. The second-order valence-electron chi connectivity index (χ2n) is 6.08. The molecule has 1 amide bonds. The maximum Gasteiger partial charge on any atom is 0.303 e. The molecule has 1 fully saturated rings. The topological polar surface area (TPSA) is 83.6 Å². The molecule has 0 aliphatic carbocycles. The van der Waals surface area contributed by atoms with E-state index in [0.717, 1.165) is 55.7 Å². The number of carbonyl (C=O) groups excluding carboxylic acids is 1. The van der Waals surface area contributed by atoms with E-state index in [1.54, 1.807) is 0 Å². The second-order valence-corrected chi connectivity index (χ2v) is 6.08. The van der Waals surface area contributed by atoms with Gasteiger partial charge in [0.2, 0.25) is 5.91 Å². The van der Waals surface area contributed by atoms with E-state index in [1.165, 1.54) is 0 Å². The number of rotatable bonds is 7. The van der Waals surface area contributed by atoms with Gasteiger partial charge in [-0.2, -0.15) is 0 Å². The highest BCUT2D eigenvalue weighted by Gasteiger charge is 2.28. The van der Waals surface area contributed by atoms with Gasteiger partial charge in [0, 0.05) is 31.0 Å². The highest BCUT2D eigenvalue weighted by atomic mass is 16.5. The minimum Gasteiger partial charge on any atom is -0.481 e. The number of nitrogens with zero attached hydrogens (tertiary/aromatic N) is 2. The summed E-state index contributed by atoms with van der Waals surface area (Å²) >= 11 is 0. The average Bonchev–Trinajstić information content (AvgIpc) is 2.94. The van der Waals surface area contributed by atoms with E-state index in [9.17, 15) is 9.59 Å². The van der Waals surface area contributed by atoms with Crippen molar-refractivity contribution < 1.29 is 19.2 Å². The van der Waals surface area contributed by atoms with Gasteiger partial charge in [0.15, 0.2) is 0 Å². The first-order chi connectivity index (χ1) is 11.1. The van der Waals surface area contributed by atoms with E-state index >= 15 is 0 Å². The monoisotopic (exact) mass is 322 g/mol. The van der Waals surface area contributed by atoms with Crippen molar-refractivity contribution in [1.29, 1.82) is 0 Å². The average molecular weight is 322 g/mol. The van der Waals surface area contributed by atoms with Gasteiger partial charge in [0.1, 0.15) is 5.76 Å². The predicted molar refractivity (Wildman–Crippen MR) is 85.2 cm³/mol. The Bertz CT molecular complexity index is 531. The van der Waals surface area contributed by atoms with Crippen LogP contribution in [-0.2, 0) is 28.9 Å². The van der Waals surface area contributed by atoms with Gasteiger partial charge in [-0.3, -0.25) is 9.59 Å². The van der Waals surface area contributed by atoms with Gasteiger partial charge < -0.3 is 14.5 Å². The third-order valence-corrected chi connectivity index (χ3v) is 4.57. The lowest BCUT2D eigenvalue weighted by Gasteiger charge is -2.35. The summed E-state index contributed by atoms with van der Waals surface area (Å²) in [5, 5.41) is 12.9. The fourth-order valence-electron chi connectivity index (χ4n) is 3.31. The second kappa shape index (κ2) is 8.13. The van der Waals surface area contributed by atoms with E-state index in [2.05, 4.69) is 5.16 Å². The van der Waals surface area contributed by atoms with Crippen LogP contribution in [-0.4, -0.2) is 39.6 Å². The molecule has 6 heteroatoms. The highest BCUT2D eigenvalue weighted by molar-refractivity contribution is 5.79. The van der Waals surface area contributed by atoms with E-state index in [4.69, 9.17) is 9.63 Å². The number of carbonyl (C=O) groups is 2. The van der Waals surface area contributed by atoms with Crippen molar-refractivity contribution in [3.63, 3.8) is 0 Å². The lowest BCUT2D eigenvalue weighted by molar-refractivity contribution is -0.139. The molecule has 1 aromatic heterocycles. The van der Waals surface area contributed by atoms with Crippen molar-refractivity contribution in [1.82, 2.24) is 10.1 Å². The molecule has 0 radical (unpaired) electrons. The molecule has 1 saturated heterocycles. The smallest absolute Gasteiger partial charge is 0.303 e. The lowest BCUT2D eigenvalue weighted by atomic mass is 9.96. The third-order valence-electron chi connectivity index (χ3n) is 4.57. The molecule has 23 heavy (non-hydrogen) atoms. The van der Waals surface area contributed by atoms with Crippen LogP contribution in [0.1, 0.15) is 63.0 Å². The van der Waals surface area contributed by atoms with Gasteiger partial charge in [-0.1, -0.05) is 19.0 Å². The predicted octanol–water partition coefficient (Wildman–Crippen LogP) is 2.59. The summed E-state index contributed by atoms with van der Waals surface area (Å²) in [5.41, 5.74) is 1.77. The molecule has 0 spiro atoms. The van der Waals surface area contributed by atoms with E-state index in [-0.39, 0.29) is 18.4 Å². The van der Waals surface area contributed by atoms with Crippen LogP contribution in [0.3, 0.4) is 0 Å². The summed E-state index contributed by atoms with van der Waals surface area (Å²) < 4.78 is 5.33. The quantitative estimate of drug-likeness (QED) is 0.834. The number of amides is 1. The number of piperidine rings is 1. The molecule has 1 aromatic rings. The Morgan fingerprint density at radius 1 is 1.30 bits per heavy atom. The first-order valence-electron chi connectivity index (χ1n) is 8.54. The van der Waals surface area contributed by atoms with Gasteiger partial charge in [0.25, 0.3) is 0 Å². The SMILES string of the molecule is CCc1noc(CC)c1CC(=O)N1CCCC[C@@H]1CCC(=O)O. The first kappa shape index (κ1) is 17.5. The number of hydrogen-bond acceptors (Lipinski definition) is 4. The number of carboxylic acid groups (broad SMARTS) is 1. The van der Waals surface area contributed by atoms with Crippen LogP contribution in [0.4, 0.5) is 0 Å². The van der Waals surface area contributed by atoms with Crippen LogP contribution in [0.25, 0.3) is 0 Å². The fraction of sp³-hybridized carbons (Fsp3) is 0.706. The van der Waals surface area contributed by atoms with Crippen molar-refractivity contribution in [2.75, 3.05) is 6.54 Å². The van der Waals surface area contributed by atoms with Crippen molar-refractivity contribution in [3.8, 4) is 0 Å². The number of carboxylic acids is 1. The molecule has 128 valence electrons. The van der Waals surface area contributed by atoms with E-state index < -0.39 is 5.97 Å². The van der Waals surface area contributed by atoms with Crippen LogP contribution in [0.15, 0.2) is 4.52 Å². The number of aryl methyl sites for hydroxylation is 2. The van der Waals surface area contributed by atoms with Crippen molar-refractivity contribution >= 4 is 11.9 Å². The first-order valence-corrected chi connectivity index (χ1v) is 8.54. The molecule has 0 aromatic carbocycles. The van der Waals surface area contributed by atoms with Gasteiger partial charge in [-0.15, -0.1) is 0 Å². The molecular weight excluding hydrogens is 296 g/mol. The Morgan fingerprint density at radius 3 is 2.74 bits per heavy atom. The zero-order valence-corrected chi connectivity index (χ0v) is 14.0. The minimum absolute atomic E-state index is 0.0439. The summed E-state index contributed by atoms with van der Waals surface area (Å²) in [4.78, 5) is 25.5. The molecule has 1 N–H and O–H groups in total. The Morgan fingerprint density at radius 2 is 2.09 bits per heavy atom. The largest absolute Gasteiger partial charge is 0.481 e. The molecule has 0 bridgehead atoms. The molecule has 1 aliphatic rings. The van der Waals surface area contributed by atoms with Crippen LogP contribution >= 0.6 is 0 Å². The Hall–Kier alpha value is -1.85. The number of aromatic nitrogens is 1. The van der Waals surface area contributed by atoms with Gasteiger partial charge in [-0.05, 0) is 32.1 Å². The van der Waals surface area contributed by atoms with Gasteiger partial charge in [-0.25, -0.2) is 0 Å². The van der Waals surface area contributed by atoms with Crippen molar-refractivity contribution in [3.05, 3.63) is 17.0 Å². The Balaban J connectivity index is 2.08. The fourth-order valence-corrected chi connectivity index (χ4v) is 3.31. The van der Waals surface area contributed by atoms with Crippen LogP contribution in [0.5, 0.6) is 0 Å². The van der Waals surface area contributed by atoms with Crippen molar-refractivity contribution in [2.24, 2.45) is 0 Å². The summed E-state index contributed by atoms with van der Waals surface area (Å²) in [6, 6.07) is 0.0439. The number of hydrogen-bond donors (Lipinski definition) is 1. The molecule has 2 heterocycles. The summed E-state index contributed by atoms with van der Waals surface area (Å²) in [6.45, 7) is 4.71. The van der Waals surface area contributed by atoms with E-state index in [0.29, 0.717) is 12.8 Å². The summed E-state index contributed by atoms with van der Waals surface area (Å²) in [5.74, 6) is 0.0468. The van der Waals surface area contributed by atoms with E-state index in [1.807, 2.05) is 18.7 Å².